The normalized spacial score (nSPS) is 12.9. The van der Waals surface area contributed by atoms with Gasteiger partial charge in [-0.05, 0) is 36.5 Å². The molecule has 1 N–H and O–H groups in total. The third kappa shape index (κ3) is 3.12. The van der Waals surface area contributed by atoms with Crippen LogP contribution in [-0.4, -0.2) is 31.4 Å². The Morgan fingerprint density at radius 2 is 2.36 bits per heavy atom. The van der Waals surface area contributed by atoms with Gasteiger partial charge in [-0.1, -0.05) is 0 Å². The van der Waals surface area contributed by atoms with Crippen LogP contribution in [0.5, 0.6) is 0 Å². The van der Waals surface area contributed by atoms with Crippen LogP contribution in [-0.2, 0) is 4.79 Å². The molecule has 0 fully saturated rings. The number of nitrogens with zero attached hydrogens (tertiary/aromatic N) is 1. The van der Waals surface area contributed by atoms with Gasteiger partial charge in [-0.15, -0.1) is 0 Å². The molecule has 0 aromatic carbocycles. The molecule has 3 nitrogen and oxygen atoms in total. The number of nitrogens with one attached hydrogen (secondary N) is 1. The van der Waals surface area contributed by atoms with Gasteiger partial charge in [0.25, 0.3) is 0 Å². The van der Waals surface area contributed by atoms with E-state index in [2.05, 4.69) is 27.0 Å². The van der Waals surface area contributed by atoms with Crippen LogP contribution in [0.2, 0.25) is 0 Å². The first kappa shape index (κ1) is 11.2. The SMILES string of the molecule is CC(=O)NC[C@@H](c1ccsc1)N(C)C. The van der Waals surface area contributed by atoms with Crippen molar-refractivity contribution >= 4 is 17.2 Å². The van der Waals surface area contributed by atoms with Crippen molar-refractivity contribution in [3.05, 3.63) is 22.4 Å². The molecule has 0 unspecified atom stereocenters. The molecule has 0 spiro atoms. The standard InChI is InChI=1S/C10H16N2OS/c1-8(13)11-6-10(12(2)3)9-4-5-14-7-9/h4-5,7,10H,6H2,1-3H3,(H,11,13)/t10-/m0/s1. The summed E-state index contributed by atoms with van der Waals surface area (Å²) in [6.07, 6.45) is 0. The van der Waals surface area contributed by atoms with Gasteiger partial charge in [0.05, 0.1) is 6.04 Å². The highest BCUT2D eigenvalue weighted by Gasteiger charge is 2.14. The highest BCUT2D eigenvalue weighted by atomic mass is 32.1. The second kappa shape index (κ2) is 5.12. The van der Waals surface area contributed by atoms with Crippen molar-refractivity contribution in [2.45, 2.75) is 13.0 Å². The number of rotatable bonds is 4. The summed E-state index contributed by atoms with van der Waals surface area (Å²) in [6, 6.07) is 2.36. The number of thiophene rings is 1. The van der Waals surface area contributed by atoms with Crippen molar-refractivity contribution in [3.63, 3.8) is 0 Å². The van der Waals surface area contributed by atoms with Crippen LogP contribution in [0.4, 0.5) is 0 Å². The number of hydrogen-bond acceptors (Lipinski definition) is 3. The molecule has 0 radical (unpaired) electrons. The number of carbonyl (C=O) groups excluding carboxylic acids is 1. The first-order valence-electron chi connectivity index (χ1n) is 4.54. The molecule has 1 aromatic rings. The van der Waals surface area contributed by atoms with Gasteiger partial charge in [-0.2, -0.15) is 11.3 Å². The average molecular weight is 212 g/mol. The summed E-state index contributed by atoms with van der Waals surface area (Å²) < 4.78 is 0. The lowest BCUT2D eigenvalue weighted by molar-refractivity contribution is -0.119. The van der Waals surface area contributed by atoms with Crippen LogP contribution >= 0.6 is 11.3 Å². The number of hydrogen-bond donors (Lipinski definition) is 1. The fourth-order valence-corrected chi connectivity index (χ4v) is 2.01. The van der Waals surface area contributed by atoms with Gasteiger partial charge in [-0.3, -0.25) is 4.79 Å². The maximum Gasteiger partial charge on any atom is 0.216 e. The molecule has 1 amide bonds. The molecule has 1 aromatic heterocycles. The van der Waals surface area contributed by atoms with E-state index in [0.29, 0.717) is 6.54 Å². The molecule has 14 heavy (non-hydrogen) atoms. The van der Waals surface area contributed by atoms with Crippen LogP contribution in [0.3, 0.4) is 0 Å². The van der Waals surface area contributed by atoms with E-state index in [4.69, 9.17) is 0 Å². The smallest absolute Gasteiger partial charge is 0.216 e. The number of amides is 1. The fourth-order valence-electron chi connectivity index (χ4n) is 1.30. The summed E-state index contributed by atoms with van der Waals surface area (Å²) in [5.41, 5.74) is 1.26. The van der Waals surface area contributed by atoms with Gasteiger partial charge in [0, 0.05) is 13.5 Å². The van der Waals surface area contributed by atoms with E-state index in [1.54, 1.807) is 18.3 Å². The molecule has 0 saturated carbocycles. The van der Waals surface area contributed by atoms with E-state index in [-0.39, 0.29) is 11.9 Å². The largest absolute Gasteiger partial charge is 0.354 e. The summed E-state index contributed by atoms with van der Waals surface area (Å²) in [5, 5.41) is 7.01. The molecule has 0 saturated heterocycles. The van der Waals surface area contributed by atoms with Crippen LogP contribution in [0.25, 0.3) is 0 Å². The van der Waals surface area contributed by atoms with Crippen LogP contribution in [0.15, 0.2) is 16.8 Å². The van der Waals surface area contributed by atoms with Crippen LogP contribution < -0.4 is 5.32 Å². The Labute approximate surface area is 88.7 Å². The van der Waals surface area contributed by atoms with Gasteiger partial charge in [0.15, 0.2) is 0 Å². The predicted octanol–water partition coefficient (Wildman–Crippen LogP) is 1.49. The quantitative estimate of drug-likeness (QED) is 0.820. The lowest BCUT2D eigenvalue weighted by Gasteiger charge is -2.23. The Bertz CT molecular complexity index is 282. The van der Waals surface area contributed by atoms with Crippen molar-refractivity contribution in [1.82, 2.24) is 10.2 Å². The lowest BCUT2D eigenvalue weighted by atomic mass is 10.1. The molecular formula is C10H16N2OS. The van der Waals surface area contributed by atoms with Crippen molar-refractivity contribution < 1.29 is 4.79 Å². The molecule has 0 aliphatic heterocycles. The maximum absolute atomic E-state index is 10.8. The Kier molecular flexibility index (Phi) is 4.10. The molecular weight excluding hydrogens is 196 g/mol. The fraction of sp³-hybridized carbons (Fsp3) is 0.500. The van der Waals surface area contributed by atoms with E-state index in [0.717, 1.165) is 0 Å². The number of likely N-dealkylation sites (N-methyl/N-ethyl adjacent to an activating group) is 1. The first-order valence-corrected chi connectivity index (χ1v) is 5.48. The van der Waals surface area contributed by atoms with Crippen LogP contribution in [0.1, 0.15) is 18.5 Å². The van der Waals surface area contributed by atoms with E-state index in [1.807, 2.05) is 14.1 Å². The minimum Gasteiger partial charge on any atom is -0.354 e. The van der Waals surface area contributed by atoms with Gasteiger partial charge in [0.1, 0.15) is 0 Å². The van der Waals surface area contributed by atoms with E-state index >= 15 is 0 Å². The predicted molar refractivity (Wildman–Crippen MR) is 59.4 cm³/mol. The van der Waals surface area contributed by atoms with Crippen LogP contribution in [0, 0.1) is 0 Å². The highest BCUT2D eigenvalue weighted by molar-refractivity contribution is 7.07. The van der Waals surface area contributed by atoms with Gasteiger partial charge in [-0.25, -0.2) is 0 Å². The number of carbonyl (C=O) groups is 1. The topological polar surface area (TPSA) is 32.3 Å². The molecule has 4 heteroatoms. The molecule has 1 heterocycles. The summed E-state index contributed by atoms with van der Waals surface area (Å²) in [5.74, 6) is 0.0204. The zero-order chi connectivity index (χ0) is 10.6. The van der Waals surface area contributed by atoms with Crippen molar-refractivity contribution in [3.8, 4) is 0 Å². The van der Waals surface area contributed by atoms with E-state index in [9.17, 15) is 4.79 Å². The monoisotopic (exact) mass is 212 g/mol. The summed E-state index contributed by atoms with van der Waals surface area (Å²) >= 11 is 1.68. The minimum atomic E-state index is 0.0204. The molecule has 0 bridgehead atoms. The highest BCUT2D eigenvalue weighted by Crippen LogP contribution is 2.19. The maximum atomic E-state index is 10.8. The van der Waals surface area contributed by atoms with Gasteiger partial charge in [0.2, 0.25) is 5.91 Å². The Morgan fingerprint density at radius 1 is 1.64 bits per heavy atom. The van der Waals surface area contributed by atoms with Crippen molar-refractivity contribution in [1.29, 1.82) is 0 Å². The van der Waals surface area contributed by atoms with Crippen molar-refractivity contribution in [2.75, 3.05) is 20.6 Å². The third-order valence-electron chi connectivity index (χ3n) is 2.10. The molecule has 1 atom stereocenters. The summed E-state index contributed by atoms with van der Waals surface area (Å²) in [6.45, 7) is 2.21. The Balaban J connectivity index is 2.61. The van der Waals surface area contributed by atoms with E-state index in [1.165, 1.54) is 5.56 Å². The Hall–Kier alpha value is -0.870. The third-order valence-corrected chi connectivity index (χ3v) is 2.80. The zero-order valence-corrected chi connectivity index (χ0v) is 9.60. The summed E-state index contributed by atoms with van der Waals surface area (Å²) in [4.78, 5) is 12.9. The Morgan fingerprint density at radius 3 is 2.79 bits per heavy atom. The second-order valence-corrected chi connectivity index (χ2v) is 4.25. The second-order valence-electron chi connectivity index (χ2n) is 3.47. The molecule has 0 aliphatic carbocycles. The molecule has 0 aliphatic rings. The van der Waals surface area contributed by atoms with Crippen molar-refractivity contribution in [2.24, 2.45) is 0 Å². The molecule has 1 rings (SSSR count). The average Bonchev–Trinajstić information content (AvgIpc) is 2.56. The van der Waals surface area contributed by atoms with Gasteiger partial charge >= 0.3 is 0 Å². The summed E-state index contributed by atoms with van der Waals surface area (Å²) in [7, 11) is 4.04. The first-order chi connectivity index (χ1) is 6.61. The lowest BCUT2D eigenvalue weighted by Crippen LogP contribution is -2.33. The van der Waals surface area contributed by atoms with Gasteiger partial charge < -0.3 is 10.2 Å². The minimum absolute atomic E-state index is 0.0204. The molecule has 78 valence electrons. The van der Waals surface area contributed by atoms with E-state index < -0.39 is 0 Å². The zero-order valence-electron chi connectivity index (χ0n) is 8.78.